The second-order valence-electron chi connectivity index (χ2n) is 4.75. The van der Waals surface area contributed by atoms with Crippen LogP contribution in [0.15, 0.2) is 12.1 Å². The first kappa shape index (κ1) is 13.2. The molecule has 100 valence electrons. The van der Waals surface area contributed by atoms with Gasteiger partial charge >= 0.3 is 0 Å². The van der Waals surface area contributed by atoms with E-state index >= 15 is 0 Å². The third-order valence-electron chi connectivity index (χ3n) is 3.36. The third kappa shape index (κ3) is 3.16. The first-order chi connectivity index (χ1) is 8.85. The van der Waals surface area contributed by atoms with Crippen LogP contribution in [0.1, 0.15) is 37.3 Å². The molecule has 18 heavy (non-hydrogen) atoms. The zero-order valence-electron chi connectivity index (χ0n) is 11.4. The van der Waals surface area contributed by atoms with Crippen LogP contribution < -0.4 is 14.8 Å². The van der Waals surface area contributed by atoms with Gasteiger partial charge in [0.1, 0.15) is 0 Å². The van der Waals surface area contributed by atoms with E-state index in [0.29, 0.717) is 0 Å². The summed E-state index contributed by atoms with van der Waals surface area (Å²) in [6.07, 6.45) is 4.54. The summed E-state index contributed by atoms with van der Waals surface area (Å²) in [7, 11) is 1.71. The maximum absolute atomic E-state index is 5.83. The van der Waals surface area contributed by atoms with E-state index in [9.17, 15) is 0 Å². The van der Waals surface area contributed by atoms with E-state index in [-0.39, 0.29) is 0 Å². The van der Waals surface area contributed by atoms with Crippen molar-refractivity contribution in [1.82, 2.24) is 5.32 Å². The lowest BCUT2D eigenvalue weighted by molar-refractivity contribution is 0.288. The summed E-state index contributed by atoms with van der Waals surface area (Å²) < 4.78 is 11.3. The van der Waals surface area contributed by atoms with Crippen molar-refractivity contribution in [1.29, 1.82) is 0 Å². The van der Waals surface area contributed by atoms with E-state index < -0.39 is 0 Å². The standard InChI is InChI=1S/C15H23NO2/c1-3-4-8-18-15-9-12-6-5-7-16-11-13(12)10-14(15)17-2/h9-10,16H,3-8,11H2,1-2H3. The fourth-order valence-corrected chi connectivity index (χ4v) is 2.27. The minimum absolute atomic E-state index is 0.768. The molecule has 1 aliphatic rings. The molecule has 3 heteroatoms. The van der Waals surface area contributed by atoms with Gasteiger partial charge in [0, 0.05) is 6.54 Å². The number of hydrogen-bond donors (Lipinski definition) is 1. The van der Waals surface area contributed by atoms with Crippen LogP contribution in [0.5, 0.6) is 11.5 Å². The Balaban J connectivity index is 2.19. The minimum Gasteiger partial charge on any atom is -0.493 e. The van der Waals surface area contributed by atoms with Gasteiger partial charge in [-0.2, -0.15) is 0 Å². The molecule has 0 unspecified atom stereocenters. The second kappa shape index (κ2) is 6.64. The molecular weight excluding hydrogens is 226 g/mol. The molecule has 0 spiro atoms. The van der Waals surface area contributed by atoms with Gasteiger partial charge in [0.25, 0.3) is 0 Å². The van der Waals surface area contributed by atoms with E-state index in [1.54, 1.807) is 7.11 Å². The first-order valence-corrected chi connectivity index (χ1v) is 6.88. The molecule has 0 radical (unpaired) electrons. The van der Waals surface area contributed by atoms with Crippen LogP contribution in [0, 0.1) is 0 Å². The fraction of sp³-hybridized carbons (Fsp3) is 0.600. The zero-order valence-corrected chi connectivity index (χ0v) is 11.4. The van der Waals surface area contributed by atoms with Gasteiger partial charge in [0.2, 0.25) is 0 Å². The Morgan fingerprint density at radius 2 is 2.06 bits per heavy atom. The third-order valence-corrected chi connectivity index (χ3v) is 3.36. The van der Waals surface area contributed by atoms with E-state index in [0.717, 1.165) is 50.5 Å². The van der Waals surface area contributed by atoms with Crippen molar-refractivity contribution < 1.29 is 9.47 Å². The number of benzene rings is 1. The monoisotopic (exact) mass is 249 g/mol. The van der Waals surface area contributed by atoms with Crippen molar-refractivity contribution in [3.63, 3.8) is 0 Å². The van der Waals surface area contributed by atoms with Crippen molar-refractivity contribution in [2.24, 2.45) is 0 Å². The smallest absolute Gasteiger partial charge is 0.161 e. The maximum atomic E-state index is 5.83. The number of nitrogens with one attached hydrogen (secondary N) is 1. The summed E-state index contributed by atoms with van der Waals surface area (Å²) in [5, 5.41) is 3.43. The van der Waals surface area contributed by atoms with Crippen molar-refractivity contribution in [3.8, 4) is 11.5 Å². The average Bonchev–Trinajstić information content (AvgIpc) is 2.62. The molecule has 3 nitrogen and oxygen atoms in total. The SMILES string of the molecule is CCCCOc1cc2c(cc1OC)CNCCC2. The van der Waals surface area contributed by atoms with Crippen LogP contribution in [0.25, 0.3) is 0 Å². The molecule has 0 amide bonds. The maximum Gasteiger partial charge on any atom is 0.161 e. The molecule has 0 atom stereocenters. The molecule has 0 saturated carbocycles. The predicted octanol–water partition coefficient (Wildman–Crippen LogP) is 2.91. The molecule has 1 aromatic carbocycles. The highest BCUT2D eigenvalue weighted by molar-refractivity contribution is 5.47. The molecule has 0 fully saturated rings. The minimum atomic E-state index is 0.768. The average molecular weight is 249 g/mol. The molecule has 1 aliphatic heterocycles. The number of fused-ring (bicyclic) bond motifs is 1. The summed E-state index contributed by atoms with van der Waals surface area (Å²) in [4.78, 5) is 0. The molecule has 0 aliphatic carbocycles. The number of aryl methyl sites for hydroxylation is 1. The lowest BCUT2D eigenvalue weighted by Gasteiger charge is -2.14. The van der Waals surface area contributed by atoms with Crippen LogP contribution in [0.2, 0.25) is 0 Å². The first-order valence-electron chi connectivity index (χ1n) is 6.88. The fourth-order valence-electron chi connectivity index (χ4n) is 2.27. The quantitative estimate of drug-likeness (QED) is 0.814. The lowest BCUT2D eigenvalue weighted by atomic mass is 10.0. The van der Waals surface area contributed by atoms with Crippen LogP contribution in [-0.2, 0) is 13.0 Å². The molecule has 0 aromatic heterocycles. The van der Waals surface area contributed by atoms with Gasteiger partial charge in [-0.3, -0.25) is 0 Å². The number of hydrogen-bond acceptors (Lipinski definition) is 3. The van der Waals surface area contributed by atoms with Gasteiger partial charge < -0.3 is 14.8 Å². The molecule has 0 bridgehead atoms. The van der Waals surface area contributed by atoms with Crippen molar-refractivity contribution in [2.75, 3.05) is 20.3 Å². The van der Waals surface area contributed by atoms with Gasteiger partial charge in [0.05, 0.1) is 13.7 Å². The van der Waals surface area contributed by atoms with E-state index in [2.05, 4.69) is 24.4 Å². The highest BCUT2D eigenvalue weighted by Crippen LogP contribution is 2.32. The van der Waals surface area contributed by atoms with E-state index in [1.807, 2.05) is 0 Å². The van der Waals surface area contributed by atoms with E-state index in [4.69, 9.17) is 9.47 Å². The van der Waals surface area contributed by atoms with Crippen molar-refractivity contribution in [3.05, 3.63) is 23.3 Å². The Morgan fingerprint density at radius 3 is 2.83 bits per heavy atom. The highest BCUT2D eigenvalue weighted by Gasteiger charge is 2.13. The lowest BCUT2D eigenvalue weighted by Crippen LogP contribution is -2.12. The summed E-state index contributed by atoms with van der Waals surface area (Å²) in [5.41, 5.74) is 2.74. The Labute approximate surface area is 109 Å². The highest BCUT2D eigenvalue weighted by atomic mass is 16.5. The van der Waals surface area contributed by atoms with Crippen LogP contribution in [0.4, 0.5) is 0 Å². The van der Waals surface area contributed by atoms with Crippen LogP contribution in [0.3, 0.4) is 0 Å². The Kier molecular flexibility index (Phi) is 4.88. The van der Waals surface area contributed by atoms with Gasteiger partial charge in [-0.1, -0.05) is 13.3 Å². The summed E-state index contributed by atoms with van der Waals surface area (Å²) in [6.45, 7) is 4.96. The predicted molar refractivity (Wildman–Crippen MR) is 73.4 cm³/mol. The van der Waals surface area contributed by atoms with Gasteiger partial charge in [-0.25, -0.2) is 0 Å². The van der Waals surface area contributed by atoms with Gasteiger partial charge in [-0.05, 0) is 49.1 Å². The summed E-state index contributed by atoms with van der Waals surface area (Å²) in [6, 6.07) is 4.28. The molecule has 1 N–H and O–H groups in total. The molecule has 1 aromatic rings. The van der Waals surface area contributed by atoms with Crippen molar-refractivity contribution in [2.45, 2.75) is 39.2 Å². The Hall–Kier alpha value is -1.22. The summed E-state index contributed by atoms with van der Waals surface area (Å²) >= 11 is 0. The topological polar surface area (TPSA) is 30.5 Å². The van der Waals surface area contributed by atoms with E-state index in [1.165, 1.54) is 17.5 Å². The number of methoxy groups -OCH3 is 1. The van der Waals surface area contributed by atoms with Gasteiger partial charge in [-0.15, -0.1) is 0 Å². The Morgan fingerprint density at radius 1 is 1.22 bits per heavy atom. The normalized spacial score (nSPS) is 14.8. The number of rotatable bonds is 5. The largest absolute Gasteiger partial charge is 0.493 e. The molecule has 0 saturated heterocycles. The second-order valence-corrected chi connectivity index (χ2v) is 4.75. The van der Waals surface area contributed by atoms with Crippen molar-refractivity contribution >= 4 is 0 Å². The number of unbranched alkanes of at least 4 members (excludes halogenated alkanes) is 1. The zero-order chi connectivity index (χ0) is 12.8. The Bertz CT molecular complexity index is 390. The molecule has 1 heterocycles. The summed E-state index contributed by atoms with van der Waals surface area (Å²) in [5.74, 6) is 1.75. The number of ether oxygens (including phenoxy) is 2. The van der Waals surface area contributed by atoms with Crippen LogP contribution >= 0.6 is 0 Å². The van der Waals surface area contributed by atoms with Gasteiger partial charge in [0.15, 0.2) is 11.5 Å². The molecule has 2 rings (SSSR count). The van der Waals surface area contributed by atoms with Crippen LogP contribution in [-0.4, -0.2) is 20.3 Å². The molecular formula is C15H23NO2.